The molecule has 6 nitrogen and oxygen atoms in total. The normalized spacial score (nSPS) is 14.2. The van der Waals surface area contributed by atoms with Gasteiger partial charge in [-0.05, 0) is 36.2 Å². The van der Waals surface area contributed by atoms with Crippen LogP contribution in [0.15, 0.2) is 52.9 Å². The highest BCUT2D eigenvalue weighted by atomic mass is 19.1. The molecule has 0 saturated carbocycles. The Labute approximate surface area is 167 Å². The second kappa shape index (κ2) is 8.45. The molecule has 1 saturated heterocycles. The van der Waals surface area contributed by atoms with Crippen molar-refractivity contribution in [1.29, 1.82) is 0 Å². The summed E-state index contributed by atoms with van der Waals surface area (Å²) in [6.45, 7) is 1.92. The van der Waals surface area contributed by atoms with Gasteiger partial charge in [-0.2, -0.15) is 0 Å². The highest BCUT2D eigenvalue weighted by molar-refractivity contribution is 6.10. The van der Waals surface area contributed by atoms with Gasteiger partial charge >= 0.3 is 0 Å². The second-order valence-electron chi connectivity index (χ2n) is 6.88. The van der Waals surface area contributed by atoms with Gasteiger partial charge in [0.25, 0.3) is 5.91 Å². The van der Waals surface area contributed by atoms with Crippen molar-refractivity contribution in [3.05, 3.63) is 65.7 Å². The Balaban J connectivity index is 1.54. The number of carbonyl (C=O) groups is 2. The van der Waals surface area contributed by atoms with Crippen LogP contribution >= 0.6 is 0 Å². The highest BCUT2D eigenvalue weighted by Gasteiger charge is 2.27. The fourth-order valence-corrected chi connectivity index (χ4v) is 3.34. The number of benzene rings is 2. The first-order valence-electron chi connectivity index (χ1n) is 9.54. The van der Waals surface area contributed by atoms with Crippen molar-refractivity contribution in [2.45, 2.75) is 12.8 Å². The molecule has 150 valence electrons. The Morgan fingerprint density at radius 3 is 2.52 bits per heavy atom. The number of furan rings is 1. The van der Waals surface area contributed by atoms with Crippen molar-refractivity contribution in [1.82, 2.24) is 4.90 Å². The predicted molar refractivity (Wildman–Crippen MR) is 106 cm³/mol. The van der Waals surface area contributed by atoms with Crippen LogP contribution in [0, 0.1) is 5.82 Å². The van der Waals surface area contributed by atoms with Crippen molar-refractivity contribution < 1.29 is 23.1 Å². The van der Waals surface area contributed by atoms with Crippen molar-refractivity contribution >= 4 is 28.5 Å². The van der Waals surface area contributed by atoms with Crippen LogP contribution in [0.25, 0.3) is 11.0 Å². The van der Waals surface area contributed by atoms with E-state index in [1.807, 2.05) is 18.2 Å². The van der Waals surface area contributed by atoms with Gasteiger partial charge < -0.3 is 19.4 Å². The van der Waals surface area contributed by atoms with E-state index in [-0.39, 0.29) is 29.8 Å². The molecule has 1 fully saturated rings. The van der Waals surface area contributed by atoms with Crippen LogP contribution < -0.4 is 5.32 Å². The Morgan fingerprint density at radius 1 is 1.03 bits per heavy atom. The maximum Gasteiger partial charge on any atom is 0.291 e. The highest BCUT2D eigenvalue weighted by Crippen LogP contribution is 2.32. The molecule has 1 N–H and O–H groups in total. The van der Waals surface area contributed by atoms with Gasteiger partial charge in [0.05, 0.1) is 13.2 Å². The molecule has 0 aliphatic carbocycles. The standard InChI is InChI=1S/C22H21FN2O4/c23-16-8-5-15(6-9-16)7-10-19(26)24-20-17-3-1-2-4-18(17)29-21(20)22(27)25-11-13-28-14-12-25/h1-6,8-9H,7,10-14H2,(H,24,26). The van der Waals surface area contributed by atoms with Crippen LogP contribution in [0.3, 0.4) is 0 Å². The smallest absolute Gasteiger partial charge is 0.291 e. The Morgan fingerprint density at radius 2 is 1.76 bits per heavy atom. The molecule has 1 aliphatic rings. The van der Waals surface area contributed by atoms with Crippen molar-refractivity contribution in [2.24, 2.45) is 0 Å². The minimum atomic E-state index is -0.311. The molecule has 3 aromatic rings. The van der Waals surface area contributed by atoms with Crippen LogP contribution in [0.2, 0.25) is 0 Å². The van der Waals surface area contributed by atoms with Gasteiger partial charge in [-0.3, -0.25) is 9.59 Å². The topological polar surface area (TPSA) is 71.8 Å². The molecule has 1 aliphatic heterocycles. The molecule has 0 bridgehead atoms. The number of ether oxygens (including phenoxy) is 1. The van der Waals surface area contributed by atoms with E-state index in [4.69, 9.17) is 9.15 Å². The third-order valence-corrected chi connectivity index (χ3v) is 4.91. The quantitative estimate of drug-likeness (QED) is 0.715. The number of rotatable bonds is 5. The summed E-state index contributed by atoms with van der Waals surface area (Å²) in [6.07, 6.45) is 0.672. The van der Waals surface area contributed by atoms with Crippen LogP contribution in [0.5, 0.6) is 0 Å². The van der Waals surface area contributed by atoms with Gasteiger partial charge in [0.1, 0.15) is 17.1 Å². The van der Waals surface area contributed by atoms with Crippen LogP contribution in [0.4, 0.5) is 10.1 Å². The number of carbonyl (C=O) groups excluding carboxylic acids is 2. The summed E-state index contributed by atoms with van der Waals surface area (Å²) in [6, 6.07) is 13.3. The average Bonchev–Trinajstić information content (AvgIpc) is 3.12. The zero-order chi connectivity index (χ0) is 20.2. The number of halogens is 1. The lowest BCUT2D eigenvalue weighted by molar-refractivity contribution is -0.116. The molecule has 0 atom stereocenters. The Kier molecular flexibility index (Phi) is 5.57. The van der Waals surface area contributed by atoms with Crippen molar-refractivity contribution in [3.63, 3.8) is 0 Å². The van der Waals surface area contributed by atoms with Crippen molar-refractivity contribution in [3.8, 4) is 0 Å². The largest absolute Gasteiger partial charge is 0.449 e. The summed E-state index contributed by atoms with van der Waals surface area (Å²) in [5, 5.41) is 3.53. The SMILES string of the molecule is O=C(CCc1ccc(F)cc1)Nc1c(C(=O)N2CCOCC2)oc2ccccc12. The molecule has 1 aromatic heterocycles. The zero-order valence-corrected chi connectivity index (χ0v) is 15.8. The molecule has 0 spiro atoms. The van der Waals surface area contributed by atoms with E-state index >= 15 is 0 Å². The third kappa shape index (κ3) is 4.30. The fourth-order valence-electron chi connectivity index (χ4n) is 3.34. The van der Waals surface area contributed by atoms with Gasteiger partial charge in [-0.15, -0.1) is 0 Å². The monoisotopic (exact) mass is 396 g/mol. The summed E-state index contributed by atoms with van der Waals surface area (Å²) >= 11 is 0. The number of amides is 2. The Hall–Kier alpha value is -3.19. The van der Waals surface area contributed by atoms with E-state index in [2.05, 4.69) is 5.32 Å². The van der Waals surface area contributed by atoms with Gasteiger partial charge in [0, 0.05) is 24.9 Å². The van der Waals surface area contributed by atoms with Gasteiger partial charge in [-0.25, -0.2) is 4.39 Å². The molecule has 29 heavy (non-hydrogen) atoms. The van der Waals surface area contributed by atoms with E-state index in [1.54, 1.807) is 23.1 Å². The molecular formula is C22H21FN2O4. The minimum absolute atomic E-state index is 0.128. The zero-order valence-electron chi connectivity index (χ0n) is 15.8. The number of morpholine rings is 1. The number of hydrogen-bond donors (Lipinski definition) is 1. The maximum atomic E-state index is 13.0. The van der Waals surface area contributed by atoms with Crippen LogP contribution in [-0.2, 0) is 16.0 Å². The summed E-state index contributed by atoms with van der Waals surface area (Å²) < 4.78 is 24.1. The lowest BCUT2D eigenvalue weighted by atomic mass is 10.1. The second-order valence-corrected chi connectivity index (χ2v) is 6.88. The fraction of sp³-hybridized carbons (Fsp3) is 0.273. The first kappa shape index (κ1) is 19.1. The predicted octanol–water partition coefficient (Wildman–Crippen LogP) is 3.62. The molecule has 7 heteroatoms. The number of hydrogen-bond acceptors (Lipinski definition) is 4. The van der Waals surface area contributed by atoms with Crippen LogP contribution in [-0.4, -0.2) is 43.0 Å². The van der Waals surface area contributed by atoms with Gasteiger partial charge in [0.2, 0.25) is 11.7 Å². The van der Waals surface area contributed by atoms with E-state index < -0.39 is 0 Å². The summed E-state index contributed by atoms with van der Waals surface area (Å²) in [5.74, 6) is -0.687. The van der Waals surface area contributed by atoms with E-state index in [0.29, 0.717) is 49.4 Å². The number of nitrogens with one attached hydrogen (secondary N) is 1. The Bertz CT molecular complexity index is 1020. The molecule has 4 rings (SSSR count). The summed E-state index contributed by atoms with van der Waals surface area (Å²) in [7, 11) is 0. The third-order valence-electron chi connectivity index (χ3n) is 4.91. The van der Waals surface area contributed by atoms with E-state index in [0.717, 1.165) is 5.56 Å². The average molecular weight is 396 g/mol. The number of anilines is 1. The van der Waals surface area contributed by atoms with E-state index in [9.17, 15) is 14.0 Å². The number of nitrogens with zero attached hydrogens (tertiary/aromatic N) is 1. The van der Waals surface area contributed by atoms with Gasteiger partial charge in [-0.1, -0.05) is 24.3 Å². The minimum Gasteiger partial charge on any atom is -0.449 e. The lowest BCUT2D eigenvalue weighted by Gasteiger charge is -2.26. The number of para-hydroxylation sites is 1. The summed E-state index contributed by atoms with van der Waals surface area (Å²) in [5.41, 5.74) is 1.79. The first-order valence-corrected chi connectivity index (χ1v) is 9.54. The lowest BCUT2D eigenvalue weighted by Crippen LogP contribution is -2.40. The molecule has 2 amide bonds. The summed E-state index contributed by atoms with van der Waals surface area (Å²) in [4.78, 5) is 27.2. The van der Waals surface area contributed by atoms with Crippen molar-refractivity contribution in [2.75, 3.05) is 31.6 Å². The molecule has 0 radical (unpaired) electrons. The molecule has 2 heterocycles. The first-order chi connectivity index (χ1) is 14.1. The molecular weight excluding hydrogens is 375 g/mol. The molecule has 0 unspecified atom stereocenters. The van der Waals surface area contributed by atoms with Crippen LogP contribution in [0.1, 0.15) is 22.5 Å². The van der Waals surface area contributed by atoms with E-state index in [1.165, 1.54) is 12.1 Å². The maximum absolute atomic E-state index is 13.0. The molecule has 2 aromatic carbocycles. The number of aryl methyl sites for hydroxylation is 1. The number of fused-ring (bicyclic) bond motifs is 1. The van der Waals surface area contributed by atoms with Gasteiger partial charge in [0.15, 0.2) is 0 Å².